The third-order valence-electron chi connectivity index (χ3n) is 4.41. The van der Waals surface area contributed by atoms with Crippen molar-refractivity contribution in [3.8, 4) is 5.75 Å². The Hall–Kier alpha value is -3.47. The summed E-state index contributed by atoms with van der Waals surface area (Å²) in [5.41, 5.74) is 1.27. The maximum absolute atomic E-state index is 13.0. The normalized spacial score (nSPS) is 13.4. The molecule has 1 N–H and O–H groups in total. The van der Waals surface area contributed by atoms with E-state index in [-0.39, 0.29) is 17.2 Å². The Morgan fingerprint density at radius 1 is 0.880 bits per heavy atom. The van der Waals surface area contributed by atoms with Gasteiger partial charge in [0.05, 0.1) is 5.69 Å². The summed E-state index contributed by atoms with van der Waals surface area (Å²) in [4.78, 5) is 38.8. The summed E-state index contributed by atoms with van der Waals surface area (Å²) in [6.07, 6.45) is 0. The quantitative estimate of drug-likeness (QED) is 0.575. The average molecular weight is 331 g/mol. The number of hydrogen-bond acceptors (Lipinski definition) is 4. The van der Waals surface area contributed by atoms with Crippen LogP contribution >= 0.6 is 0 Å². The number of para-hydroxylation sites is 2. The van der Waals surface area contributed by atoms with Crippen LogP contribution in [0.3, 0.4) is 0 Å². The van der Waals surface area contributed by atoms with E-state index in [9.17, 15) is 19.5 Å². The Kier molecular flexibility index (Phi) is 3.18. The van der Waals surface area contributed by atoms with Crippen molar-refractivity contribution in [2.75, 3.05) is 4.90 Å². The number of ketones is 1. The lowest BCUT2D eigenvalue weighted by Gasteiger charge is -2.28. The monoisotopic (exact) mass is 331 g/mol. The number of hydrogen-bond donors (Lipinski definition) is 1. The predicted octanol–water partition coefficient (Wildman–Crippen LogP) is 3.55. The van der Waals surface area contributed by atoms with E-state index in [1.54, 1.807) is 42.5 Å². The zero-order valence-corrected chi connectivity index (χ0v) is 13.3. The van der Waals surface area contributed by atoms with Gasteiger partial charge in [-0.25, -0.2) is 4.90 Å². The molecule has 1 aliphatic heterocycles. The summed E-state index contributed by atoms with van der Waals surface area (Å²) in [7, 11) is 0. The Labute approximate surface area is 143 Å². The Bertz CT molecular complexity index is 1060. The van der Waals surface area contributed by atoms with Crippen molar-refractivity contribution in [2.45, 2.75) is 6.92 Å². The number of carbonyl (C=O) groups excluding carboxylic acids is 3. The largest absolute Gasteiger partial charge is 0.506 e. The lowest BCUT2D eigenvalue weighted by molar-refractivity contribution is 0.0890. The Morgan fingerprint density at radius 2 is 1.56 bits per heavy atom. The van der Waals surface area contributed by atoms with Crippen molar-refractivity contribution in [1.82, 2.24) is 0 Å². The summed E-state index contributed by atoms with van der Waals surface area (Å²) in [6.45, 7) is 1.45. The number of Topliss-reactive ketones (excluding diaryl/α,β-unsaturated/α-hetero) is 1. The summed E-state index contributed by atoms with van der Waals surface area (Å²) in [5, 5.41) is 11.1. The van der Waals surface area contributed by atoms with Crippen LogP contribution in [0.1, 0.15) is 38.0 Å². The first-order chi connectivity index (χ1) is 12.0. The third kappa shape index (κ3) is 2.06. The molecule has 1 heterocycles. The molecule has 0 fully saturated rings. The molecule has 5 nitrogen and oxygen atoms in total. The number of amides is 2. The fraction of sp³-hybridized carbons (Fsp3) is 0.0500. The van der Waals surface area contributed by atoms with Gasteiger partial charge in [-0.3, -0.25) is 14.4 Å². The maximum atomic E-state index is 13.0. The highest BCUT2D eigenvalue weighted by atomic mass is 16.3. The van der Waals surface area contributed by atoms with Crippen LogP contribution in [0.5, 0.6) is 5.75 Å². The van der Waals surface area contributed by atoms with Gasteiger partial charge in [-0.15, -0.1) is 0 Å². The molecule has 3 aromatic rings. The average Bonchev–Trinajstić information content (AvgIpc) is 2.60. The third-order valence-corrected chi connectivity index (χ3v) is 4.41. The van der Waals surface area contributed by atoms with Crippen LogP contribution in [0.15, 0.2) is 54.6 Å². The van der Waals surface area contributed by atoms with Gasteiger partial charge >= 0.3 is 0 Å². The smallest absolute Gasteiger partial charge is 0.266 e. The van der Waals surface area contributed by atoms with Gasteiger partial charge in [0, 0.05) is 22.1 Å². The molecule has 0 radical (unpaired) electrons. The zero-order valence-electron chi connectivity index (χ0n) is 13.3. The van der Waals surface area contributed by atoms with Crippen LogP contribution in [0.4, 0.5) is 5.69 Å². The Balaban J connectivity index is 2.03. The van der Waals surface area contributed by atoms with Gasteiger partial charge in [0.15, 0.2) is 5.78 Å². The molecule has 2 amide bonds. The van der Waals surface area contributed by atoms with E-state index in [0.29, 0.717) is 27.5 Å². The van der Waals surface area contributed by atoms with Crippen LogP contribution in [0.25, 0.3) is 10.8 Å². The number of nitrogens with zero attached hydrogens (tertiary/aromatic N) is 1. The van der Waals surface area contributed by atoms with E-state index in [1.165, 1.54) is 19.1 Å². The highest BCUT2D eigenvalue weighted by Crippen LogP contribution is 2.37. The molecule has 0 aliphatic carbocycles. The molecule has 3 aromatic carbocycles. The summed E-state index contributed by atoms with van der Waals surface area (Å²) >= 11 is 0. The first kappa shape index (κ1) is 15.1. The molecule has 0 atom stereocenters. The van der Waals surface area contributed by atoms with Crippen molar-refractivity contribution < 1.29 is 19.5 Å². The summed E-state index contributed by atoms with van der Waals surface area (Å²) < 4.78 is 0. The van der Waals surface area contributed by atoms with Gasteiger partial charge in [0.25, 0.3) is 11.8 Å². The molecule has 0 aromatic heterocycles. The van der Waals surface area contributed by atoms with Crippen molar-refractivity contribution >= 4 is 34.1 Å². The predicted molar refractivity (Wildman–Crippen MR) is 93.2 cm³/mol. The van der Waals surface area contributed by atoms with E-state index < -0.39 is 11.8 Å². The molecule has 4 rings (SSSR count). The molecule has 0 unspecified atom stereocenters. The molecule has 122 valence electrons. The minimum Gasteiger partial charge on any atom is -0.506 e. The van der Waals surface area contributed by atoms with Gasteiger partial charge in [0.1, 0.15) is 5.75 Å². The summed E-state index contributed by atoms with van der Waals surface area (Å²) in [5.74, 6) is -1.33. The van der Waals surface area contributed by atoms with Gasteiger partial charge in [-0.1, -0.05) is 24.3 Å². The zero-order chi connectivity index (χ0) is 17.7. The fourth-order valence-corrected chi connectivity index (χ4v) is 3.28. The van der Waals surface area contributed by atoms with Crippen molar-refractivity contribution in [2.24, 2.45) is 0 Å². The van der Waals surface area contributed by atoms with Crippen LogP contribution < -0.4 is 4.90 Å². The topological polar surface area (TPSA) is 74.7 Å². The fourth-order valence-electron chi connectivity index (χ4n) is 3.28. The molecule has 0 saturated carbocycles. The molecule has 5 heteroatoms. The summed E-state index contributed by atoms with van der Waals surface area (Å²) in [6, 6.07) is 14.4. The number of carbonyl (C=O) groups is 3. The number of phenols is 1. The molecule has 0 spiro atoms. The molecular weight excluding hydrogens is 318 g/mol. The minimum atomic E-state index is -0.523. The maximum Gasteiger partial charge on any atom is 0.266 e. The van der Waals surface area contributed by atoms with E-state index in [4.69, 9.17) is 0 Å². The van der Waals surface area contributed by atoms with Crippen molar-refractivity contribution in [3.05, 3.63) is 71.3 Å². The molecular formula is C20H13NO4. The number of anilines is 1. The first-order valence-corrected chi connectivity index (χ1v) is 7.74. The van der Waals surface area contributed by atoms with Gasteiger partial charge in [-0.2, -0.15) is 0 Å². The first-order valence-electron chi connectivity index (χ1n) is 7.74. The highest BCUT2D eigenvalue weighted by Gasteiger charge is 2.35. The minimum absolute atomic E-state index is 0.133. The van der Waals surface area contributed by atoms with E-state index in [1.807, 2.05) is 0 Å². The number of phenolic OH excluding ortho intramolecular Hbond substituents is 1. The molecule has 0 bridgehead atoms. The second-order valence-electron chi connectivity index (χ2n) is 5.88. The van der Waals surface area contributed by atoms with E-state index in [2.05, 4.69) is 0 Å². The number of aromatic hydroxyl groups is 1. The van der Waals surface area contributed by atoms with Crippen molar-refractivity contribution in [1.29, 1.82) is 0 Å². The van der Waals surface area contributed by atoms with Crippen LogP contribution in [-0.4, -0.2) is 22.7 Å². The molecule has 0 saturated heterocycles. The SMILES string of the molecule is CC(=O)c1ccc2c3c(cccc13)C(=O)N(c1ccccc1O)C2=O. The van der Waals surface area contributed by atoms with E-state index >= 15 is 0 Å². The standard InChI is InChI=1S/C20H13NO4/c1-11(22)12-9-10-15-18-13(12)5-4-6-14(18)19(24)21(20(15)25)16-7-2-3-8-17(16)23/h2-10,23H,1H3. The van der Waals surface area contributed by atoms with Crippen LogP contribution in [-0.2, 0) is 0 Å². The second kappa shape index (κ2) is 5.27. The number of imide groups is 1. The lowest BCUT2D eigenvalue weighted by atomic mass is 9.90. The van der Waals surface area contributed by atoms with E-state index in [0.717, 1.165) is 4.90 Å². The van der Waals surface area contributed by atoms with Crippen LogP contribution in [0.2, 0.25) is 0 Å². The lowest BCUT2D eigenvalue weighted by Crippen LogP contribution is -2.40. The molecule has 25 heavy (non-hydrogen) atoms. The van der Waals surface area contributed by atoms with Gasteiger partial charge in [-0.05, 0) is 42.6 Å². The van der Waals surface area contributed by atoms with Crippen molar-refractivity contribution in [3.63, 3.8) is 0 Å². The molecule has 1 aliphatic rings. The van der Waals surface area contributed by atoms with Crippen LogP contribution in [0, 0.1) is 0 Å². The van der Waals surface area contributed by atoms with Gasteiger partial charge < -0.3 is 5.11 Å². The second-order valence-corrected chi connectivity index (χ2v) is 5.88. The van der Waals surface area contributed by atoms with Gasteiger partial charge in [0.2, 0.25) is 0 Å². The Morgan fingerprint density at radius 3 is 2.24 bits per heavy atom. The number of benzene rings is 3. The highest BCUT2D eigenvalue weighted by molar-refractivity contribution is 6.37. The number of rotatable bonds is 2.